The number of urea groups is 1. The number of aryl methyl sites for hydroxylation is 1. The Balaban J connectivity index is 0.000001000. The van der Waals surface area contributed by atoms with E-state index in [1.54, 1.807) is 13.0 Å². The average Bonchev–Trinajstić information content (AvgIpc) is 2.13. The van der Waals surface area contributed by atoms with Gasteiger partial charge in [-0.25, -0.2) is 4.79 Å². The summed E-state index contributed by atoms with van der Waals surface area (Å²) in [4.78, 5) is 10.2. The number of hydrogen-bond acceptors (Lipinski definition) is 3. The molecule has 0 unspecified atom stereocenters. The molecule has 0 radical (unpaired) electrons. The molecule has 11 heavy (non-hydrogen) atoms. The van der Waals surface area contributed by atoms with Crippen LogP contribution in [-0.4, -0.2) is 11.2 Å². The Morgan fingerprint density at radius 2 is 2.45 bits per heavy atom. The number of halogens is 1. The Hall–Kier alpha value is -1.23. The Morgan fingerprint density at radius 1 is 1.82 bits per heavy atom. The first-order chi connectivity index (χ1) is 4.68. The zero-order valence-corrected chi connectivity index (χ0v) is 6.64. The number of aromatic nitrogens is 1. The topological polar surface area (TPSA) is 81.1 Å². The highest BCUT2D eigenvalue weighted by Crippen LogP contribution is 2.05. The number of hydrogen-bond donors (Lipinski definition) is 2. The molecule has 1 rings (SSSR count). The predicted octanol–water partition coefficient (Wildman–Crippen LogP) is 0.895. The van der Waals surface area contributed by atoms with Crippen LogP contribution in [0.2, 0.25) is 0 Å². The van der Waals surface area contributed by atoms with E-state index in [0.717, 1.165) is 0 Å². The second-order valence-corrected chi connectivity index (χ2v) is 1.81. The van der Waals surface area contributed by atoms with Crippen LogP contribution in [0, 0.1) is 6.92 Å². The SMILES string of the molecule is Cc1cc(NC(N)=O)no1.Cl. The molecule has 1 heterocycles. The van der Waals surface area contributed by atoms with Gasteiger partial charge in [0.1, 0.15) is 5.76 Å². The number of anilines is 1. The van der Waals surface area contributed by atoms with E-state index in [-0.39, 0.29) is 12.4 Å². The van der Waals surface area contributed by atoms with Gasteiger partial charge in [0.25, 0.3) is 0 Å². The molecule has 0 aliphatic carbocycles. The molecule has 0 aliphatic rings. The lowest BCUT2D eigenvalue weighted by atomic mass is 10.5. The van der Waals surface area contributed by atoms with Crippen LogP contribution in [0.1, 0.15) is 5.76 Å². The summed E-state index contributed by atoms with van der Waals surface area (Å²) in [5.41, 5.74) is 4.80. The number of nitrogens with two attached hydrogens (primary N) is 1. The fourth-order valence-electron chi connectivity index (χ4n) is 0.552. The van der Waals surface area contributed by atoms with Gasteiger partial charge in [-0.1, -0.05) is 5.16 Å². The highest BCUT2D eigenvalue weighted by molar-refractivity contribution is 5.86. The molecule has 0 atom stereocenters. The van der Waals surface area contributed by atoms with Crippen LogP contribution in [0.5, 0.6) is 0 Å². The summed E-state index contributed by atoms with van der Waals surface area (Å²) in [5.74, 6) is 0.966. The third-order valence-electron chi connectivity index (χ3n) is 0.879. The monoisotopic (exact) mass is 177 g/mol. The smallest absolute Gasteiger partial charge is 0.317 e. The standard InChI is InChI=1S/C5H7N3O2.ClH/c1-3-2-4(8-10-3)7-5(6)9;/h2H,1H3,(H3,6,7,8,9);1H. The van der Waals surface area contributed by atoms with Gasteiger partial charge in [0, 0.05) is 6.07 Å². The number of primary amides is 1. The van der Waals surface area contributed by atoms with Crippen molar-refractivity contribution in [3.8, 4) is 0 Å². The minimum atomic E-state index is -0.645. The van der Waals surface area contributed by atoms with Gasteiger partial charge in [0.05, 0.1) is 0 Å². The van der Waals surface area contributed by atoms with Gasteiger partial charge < -0.3 is 10.3 Å². The second kappa shape index (κ2) is 3.82. The van der Waals surface area contributed by atoms with Gasteiger partial charge in [0.2, 0.25) is 0 Å². The maximum atomic E-state index is 10.2. The lowest BCUT2D eigenvalue weighted by molar-refractivity contribution is 0.259. The Kier molecular flexibility index (Phi) is 3.39. The van der Waals surface area contributed by atoms with E-state index < -0.39 is 6.03 Å². The molecule has 0 spiro atoms. The van der Waals surface area contributed by atoms with Gasteiger partial charge in [0.15, 0.2) is 5.82 Å². The molecule has 1 aromatic rings. The predicted molar refractivity (Wildman–Crippen MR) is 41.7 cm³/mol. The first-order valence-corrected chi connectivity index (χ1v) is 2.68. The molecule has 0 saturated carbocycles. The van der Waals surface area contributed by atoms with Gasteiger partial charge >= 0.3 is 6.03 Å². The fourth-order valence-corrected chi connectivity index (χ4v) is 0.552. The summed E-state index contributed by atoms with van der Waals surface area (Å²) >= 11 is 0. The van der Waals surface area contributed by atoms with Crippen molar-refractivity contribution in [2.45, 2.75) is 6.92 Å². The van der Waals surface area contributed by atoms with E-state index >= 15 is 0 Å². The van der Waals surface area contributed by atoms with Crippen molar-refractivity contribution in [2.24, 2.45) is 5.73 Å². The highest BCUT2D eigenvalue weighted by Gasteiger charge is 1.99. The summed E-state index contributed by atoms with van der Waals surface area (Å²) in [6.45, 7) is 1.72. The van der Waals surface area contributed by atoms with Gasteiger partial charge in [-0.15, -0.1) is 12.4 Å². The normalized spacial score (nSPS) is 8.45. The van der Waals surface area contributed by atoms with Crippen molar-refractivity contribution in [1.82, 2.24) is 5.16 Å². The highest BCUT2D eigenvalue weighted by atomic mass is 35.5. The first kappa shape index (κ1) is 9.77. The van der Waals surface area contributed by atoms with E-state index in [9.17, 15) is 4.79 Å². The number of nitrogens with one attached hydrogen (secondary N) is 1. The molecular formula is C5H8ClN3O2. The molecular weight excluding hydrogens is 170 g/mol. The number of carbonyl (C=O) groups excluding carboxylic acids is 1. The minimum absolute atomic E-state index is 0. The van der Waals surface area contributed by atoms with E-state index in [4.69, 9.17) is 5.73 Å². The molecule has 0 aromatic carbocycles. The van der Waals surface area contributed by atoms with E-state index in [2.05, 4.69) is 15.0 Å². The van der Waals surface area contributed by atoms with Crippen molar-refractivity contribution in [2.75, 3.05) is 5.32 Å². The van der Waals surface area contributed by atoms with Crippen LogP contribution in [0.4, 0.5) is 10.6 Å². The van der Waals surface area contributed by atoms with Crippen LogP contribution >= 0.6 is 12.4 Å². The van der Waals surface area contributed by atoms with E-state index in [1.807, 2.05) is 0 Å². The summed E-state index contributed by atoms with van der Waals surface area (Å²) in [7, 11) is 0. The van der Waals surface area contributed by atoms with Crippen LogP contribution in [0.25, 0.3) is 0 Å². The van der Waals surface area contributed by atoms with Crippen LogP contribution in [0.3, 0.4) is 0 Å². The molecule has 3 N–H and O–H groups in total. The first-order valence-electron chi connectivity index (χ1n) is 2.68. The van der Waals surface area contributed by atoms with Gasteiger partial charge in [-0.05, 0) is 6.92 Å². The number of rotatable bonds is 1. The minimum Gasteiger partial charge on any atom is -0.360 e. The van der Waals surface area contributed by atoms with Crippen molar-refractivity contribution in [3.05, 3.63) is 11.8 Å². The van der Waals surface area contributed by atoms with E-state index in [1.165, 1.54) is 0 Å². The average molecular weight is 178 g/mol. The van der Waals surface area contributed by atoms with Crippen LogP contribution < -0.4 is 11.1 Å². The van der Waals surface area contributed by atoms with Crippen molar-refractivity contribution < 1.29 is 9.32 Å². The molecule has 1 aromatic heterocycles. The molecule has 2 amide bonds. The Morgan fingerprint density at radius 3 is 2.82 bits per heavy atom. The molecule has 6 heteroatoms. The third-order valence-corrected chi connectivity index (χ3v) is 0.879. The Labute approximate surface area is 69.3 Å². The summed E-state index contributed by atoms with van der Waals surface area (Å²) in [6, 6.07) is 0.929. The lowest BCUT2D eigenvalue weighted by Gasteiger charge is -1.89. The second-order valence-electron chi connectivity index (χ2n) is 1.81. The quantitative estimate of drug-likeness (QED) is 0.669. The number of amides is 2. The lowest BCUT2D eigenvalue weighted by Crippen LogP contribution is -2.19. The number of nitrogens with zero attached hydrogens (tertiary/aromatic N) is 1. The Bertz CT molecular complexity index is 248. The fraction of sp³-hybridized carbons (Fsp3) is 0.200. The van der Waals surface area contributed by atoms with Crippen molar-refractivity contribution in [1.29, 1.82) is 0 Å². The molecule has 62 valence electrons. The summed E-state index contributed by atoms with van der Waals surface area (Å²) < 4.78 is 4.65. The molecule has 0 saturated heterocycles. The number of carbonyl (C=O) groups is 1. The molecule has 0 bridgehead atoms. The van der Waals surface area contributed by atoms with E-state index in [0.29, 0.717) is 11.6 Å². The van der Waals surface area contributed by atoms with Gasteiger partial charge in [-0.2, -0.15) is 0 Å². The zero-order valence-electron chi connectivity index (χ0n) is 5.83. The van der Waals surface area contributed by atoms with Crippen molar-refractivity contribution >= 4 is 24.3 Å². The largest absolute Gasteiger partial charge is 0.360 e. The van der Waals surface area contributed by atoms with Crippen molar-refractivity contribution in [3.63, 3.8) is 0 Å². The third kappa shape index (κ3) is 2.90. The van der Waals surface area contributed by atoms with Gasteiger partial charge in [-0.3, -0.25) is 5.32 Å². The summed E-state index contributed by atoms with van der Waals surface area (Å²) in [5, 5.41) is 5.73. The van der Waals surface area contributed by atoms with Crippen LogP contribution in [-0.2, 0) is 0 Å². The maximum Gasteiger partial charge on any atom is 0.317 e. The molecule has 0 aliphatic heterocycles. The van der Waals surface area contributed by atoms with Crippen LogP contribution in [0.15, 0.2) is 10.6 Å². The maximum absolute atomic E-state index is 10.2. The molecule has 0 fully saturated rings. The molecule has 5 nitrogen and oxygen atoms in total. The zero-order chi connectivity index (χ0) is 7.56. The summed E-state index contributed by atoms with van der Waals surface area (Å²) in [6.07, 6.45) is 0.